The lowest BCUT2D eigenvalue weighted by Gasteiger charge is -2.21. The fraction of sp³-hybridized carbons (Fsp3) is 0.438. The Balaban J connectivity index is 1.98. The highest BCUT2D eigenvalue weighted by atomic mass is 16.3. The zero-order valence-corrected chi connectivity index (χ0v) is 13.0. The van der Waals surface area contributed by atoms with Gasteiger partial charge in [-0.25, -0.2) is 4.79 Å². The average molecular weight is 289 g/mol. The van der Waals surface area contributed by atoms with Gasteiger partial charge in [0.2, 0.25) is 0 Å². The molecule has 1 aromatic carbocycles. The molecule has 0 fully saturated rings. The molecule has 0 radical (unpaired) electrons. The molecule has 0 unspecified atom stereocenters. The molecule has 2 aromatic rings. The first-order chi connectivity index (χ1) is 9.76. The summed E-state index contributed by atoms with van der Waals surface area (Å²) in [6.45, 7) is 5.91. The van der Waals surface area contributed by atoms with E-state index in [4.69, 9.17) is 0 Å². The van der Waals surface area contributed by atoms with Crippen LogP contribution in [0.2, 0.25) is 0 Å². The molecular weight excluding hydrogens is 266 g/mol. The first-order valence-corrected chi connectivity index (χ1v) is 7.05. The Labute approximate surface area is 125 Å². The summed E-state index contributed by atoms with van der Waals surface area (Å²) in [5, 5.41) is 16.7. The number of carbonyl (C=O) groups is 1. The number of benzene rings is 1. The first-order valence-electron chi connectivity index (χ1n) is 7.05. The lowest BCUT2D eigenvalue weighted by Crippen LogP contribution is -2.47. The number of fused-ring (bicyclic) bond motifs is 1. The molecular formula is C16H23N3O2. The number of urea groups is 1. The number of aryl methyl sites for hydroxylation is 1. The molecule has 2 amide bonds. The van der Waals surface area contributed by atoms with E-state index in [1.54, 1.807) is 0 Å². The van der Waals surface area contributed by atoms with Gasteiger partial charge >= 0.3 is 6.03 Å². The molecule has 1 atom stereocenters. The molecule has 0 saturated carbocycles. The number of aliphatic hydroxyl groups excluding tert-OH is 1. The number of aromatic nitrogens is 1. The quantitative estimate of drug-likeness (QED) is 0.811. The van der Waals surface area contributed by atoms with Crippen LogP contribution in [0.4, 0.5) is 4.79 Å². The maximum atomic E-state index is 11.7. The van der Waals surface area contributed by atoms with Crippen molar-refractivity contribution in [3.63, 3.8) is 0 Å². The number of rotatable bonds is 3. The SMILES string of the molecule is Cn1ccc2cc([C@H](O)CNC(=O)NC(C)(C)C)ccc21. The van der Waals surface area contributed by atoms with E-state index in [1.165, 1.54) is 0 Å². The largest absolute Gasteiger partial charge is 0.387 e. The highest BCUT2D eigenvalue weighted by Gasteiger charge is 2.15. The van der Waals surface area contributed by atoms with Crippen molar-refractivity contribution in [3.8, 4) is 0 Å². The van der Waals surface area contributed by atoms with Crippen LogP contribution < -0.4 is 10.6 Å². The summed E-state index contributed by atoms with van der Waals surface area (Å²) in [7, 11) is 1.98. The van der Waals surface area contributed by atoms with Crippen LogP contribution in [0.5, 0.6) is 0 Å². The Bertz CT molecular complexity index is 640. The Kier molecular flexibility index (Phi) is 4.23. The maximum Gasteiger partial charge on any atom is 0.315 e. The summed E-state index contributed by atoms with van der Waals surface area (Å²) in [6.07, 6.45) is 1.26. The third kappa shape index (κ3) is 3.98. The van der Waals surface area contributed by atoms with Crippen LogP contribution >= 0.6 is 0 Å². The molecule has 0 bridgehead atoms. The minimum Gasteiger partial charge on any atom is -0.387 e. The Morgan fingerprint density at radius 2 is 2.05 bits per heavy atom. The van der Waals surface area contributed by atoms with Crippen LogP contribution in [0.1, 0.15) is 32.4 Å². The molecule has 0 aliphatic carbocycles. The second kappa shape index (κ2) is 5.77. The van der Waals surface area contributed by atoms with Crippen LogP contribution in [0.3, 0.4) is 0 Å². The van der Waals surface area contributed by atoms with Gasteiger partial charge in [-0.2, -0.15) is 0 Å². The van der Waals surface area contributed by atoms with Crippen molar-refractivity contribution in [3.05, 3.63) is 36.0 Å². The van der Waals surface area contributed by atoms with Gasteiger partial charge in [0.25, 0.3) is 0 Å². The highest BCUT2D eigenvalue weighted by Crippen LogP contribution is 2.20. The van der Waals surface area contributed by atoms with Crippen molar-refractivity contribution in [1.29, 1.82) is 0 Å². The summed E-state index contributed by atoms with van der Waals surface area (Å²) in [5.74, 6) is 0. The predicted molar refractivity (Wildman–Crippen MR) is 84.2 cm³/mol. The summed E-state index contributed by atoms with van der Waals surface area (Å²) in [4.78, 5) is 11.7. The third-order valence-electron chi connectivity index (χ3n) is 3.24. The highest BCUT2D eigenvalue weighted by molar-refractivity contribution is 5.81. The minimum absolute atomic E-state index is 0.181. The number of amides is 2. The van der Waals surface area contributed by atoms with E-state index >= 15 is 0 Å². The smallest absolute Gasteiger partial charge is 0.315 e. The number of nitrogens with one attached hydrogen (secondary N) is 2. The van der Waals surface area contributed by atoms with E-state index in [0.29, 0.717) is 0 Å². The van der Waals surface area contributed by atoms with Gasteiger partial charge in [0.1, 0.15) is 0 Å². The van der Waals surface area contributed by atoms with Crippen LogP contribution in [0.15, 0.2) is 30.5 Å². The topological polar surface area (TPSA) is 66.3 Å². The van der Waals surface area contributed by atoms with E-state index in [9.17, 15) is 9.90 Å². The van der Waals surface area contributed by atoms with Crippen molar-refractivity contribution >= 4 is 16.9 Å². The number of aliphatic hydroxyl groups is 1. The van der Waals surface area contributed by atoms with Gasteiger partial charge in [0.15, 0.2) is 0 Å². The van der Waals surface area contributed by atoms with Gasteiger partial charge in [-0.3, -0.25) is 0 Å². The zero-order valence-electron chi connectivity index (χ0n) is 13.0. The van der Waals surface area contributed by atoms with E-state index in [0.717, 1.165) is 16.5 Å². The maximum absolute atomic E-state index is 11.7. The fourth-order valence-electron chi connectivity index (χ4n) is 2.20. The Morgan fingerprint density at radius 3 is 2.71 bits per heavy atom. The molecule has 0 aliphatic heterocycles. The second-order valence-corrected chi connectivity index (χ2v) is 6.35. The van der Waals surface area contributed by atoms with Crippen LogP contribution in [-0.4, -0.2) is 27.8 Å². The van der Waals surface area contributed by atoms with Gasteiger partial charge < -0.3 is 20.3 Å². The molecule has 2 rings (SSSR count). The van der Waals surface area contributed by atoms with Crippen molar-refractivity contribution in [1.82, 2.24) is 15.2 Å². The molecule has 1 aromatic heterocycles. The minimum atomic E-state index is -0.722. The first kappa shape index (κ1) is 15.4. The van der Waals surface area contributed by atoms with E-state index < -0.39 is 6.10 Å². The van der Waals surface area contributed by atoms with Gasteiger partial charge in [-0.05, 0) is 49.9 Å². The number of hydrogen-bond acceptors (Lipinski definition) is 2. The molecule has 5 nitrogen and oxygen atoms in total. The summed E-state index contributed by atoms with van der Waals surface area (Å²) < 4.78 is 2.03. The normalized spacial score (nSPS) is 13.2. The standard InChI is InChI=1S/C16H23N3O2/c1-16(2,3)18-15(21)17-10-14(20)12-5-6-13-11(9-12)7-8-19(13)4/h5-9,14,20H,10H2,1-4H3,(H2,17,18,21)/t14-/m1/s1. The van der Waals surface area contributed by atoms with Gasteiger partial charge in [0.05, 0.1) is 6.10 Å². The van der Waals surface area contributed by atoms with Gasteiger partial charge in [0, 0.05) is 30.8 Å². The molecule has 0 spiro atoms. The van der Waals surface area contributed by atoms with Crippen molar-refractivity contribution < 1.29 is 9.90 Å². The lowest BCUT2D eigenvalue weighted by molar-refractivity contribution is 0.171. The van der Waals surface area contributed by atoms with Crippen LogP contribution in [-0.2, 0) is 7.05 Å². The zero-order chi connectivity index (χ0) is 15.6. The number of nitrogens with zero attached hydrogens (tertiary/aromatic N) is 1. The monoisotopic (exact) mass is 289 g/mol. The van der Waals surface area contributed by atoms with Crippen molar-refractivity contribution in [2.24, 2.45) is 7.05 Å². The summed E-state index contributed by atoms with van der Waals surface area (Å²) >= 11 is 0. The van der Waals surface area contributed by atoms with E-state index in [2.05, 4.69) is 10.6 Å². The van der Waals surface area contributed by atoms with Crippen molar-refractivity contribution in [2.75, 3.05) is 6.54 Å². The molecule has 0 aliphatic rings. The third-order valence-corrected chi connectivity index (χ3v) is 3.24. The summed E-state index contributed by atoms with van der Waals surface area (Å²) in [5.41, 5.74) is 1.62. The molecule has 114 valence electrons. The fourth-order valence-corrected chi connectivity index (χ4v) is 2.20. The molecule has 1 heterocycles. The average Bonchev–Trinajstić information content (AvgIpc) is 2.75. The van der Waals surface area contributed by atoms with E-state index in [-0.39, 0.29) is 18.1 Å². The molecule has 0 saturated heterocycles. The second-order valence-electron chi connectivity index (χ2n) is 6.35. The van der Waals surface area contributed by atoms with Gasteiger partial charge in [-0.1, -0.05) is 6.07 Å². The van der Waals surface area contributed by atoms with Crippen LogP contribution in [0.25, 0.3) is 10.9 Å². The van der Waals surface area contributed by atoms with Crippen LogP contribution in [0, 0.1) is 0 Å². The molecule has 21 heavy (non-hydrogen) atoms. The number of carbonyl (C=O) groups excluding carboxylic acids is 1. The summed E-state index contributed by atoms with van der Waals surface area (Å²) in [6, 6.07) is 7.54. The number of hydrogen-bond donors (Lipinski definition) is 3. The predicted octanol–water partition coefficient (Wildman–Crippen LogP) is 2.31. The van der Waals surface area contributed by atoms with Crippen molar-refractivity contribution in [2.45, 2.75) is 32.4 Å². The van der Waals surface area contributed by atoms with E-state index in [1.807, 2.05) is 62.8 Å². The Morgan fingerprint density at radius 1 is 1.33 bits per heavy atom. The molecule has 3 N–H and O–H groups in total. The van der Waals surface area contributed by atoms with Gasteiger partial charge in [-0.15, -0.1) is 0 Å². The molecule has 5 heteroatoms. The lowest BCUT2D eigenvalue weighted by atomic mass is 10.1. The Hall–Kier alpha value is -2.01.